The van der Waals surface area contributed by atoms with E-state index >= 15 is 0 Å². The Kier molecular flexibility index (Phi) is 3.88. The third kappa shape index (κ3) is 2.96. The second kappa shape index (κ2) is 6.05. The van der Waals surface area contributed by atoms with E-state index in [4.69, 9.17) is 4.52 Å². The summed E-state index contributed by atoms with van der Waals surface area (Å²) in [7, 11) is 0. The van der Waals surface area contributed by atoms with Crippen molar-refractivity contribution in [3.63, 3.8) is 0 Å². The van der Waals surface area contributed by atoms with Crippen molar-refractivity contribution >= 4 is 5.91 Å². The van der Waals surface area contributed by atoms with E-state index < -0.39 is 0 Å². The molecule has 2 aromatic rings. The van der Waals surface area contributed by atoms with E-state index in [0.717, 1.165) is 62.0 Å². The van der Waals surface area contributed by atoms with Gasteiger partial charge in [-0.1, -0.05) is 5.16 Å². The highest BCUT2D eigenvalue weighted by atomic mass is 16.5. The minimum absolute atomic E-state index is 0.182. The number of nitrogens with zero attached hydrogens (tertiary/aromatic N) is 4. The summed E-state index contributed by atoms with van der Waals surface area (Å²) < 4.78 is 7.48. The van der Waals surface area contributed by atoms with Crippen LogP contribution in [0.5, 0.6) is 0 Å². The van der Waals surface area contributed by atoms with Crippen LogP contribution < -0.4 is 5.32 Å². The molecule has 2 aliphatic rings. The maximum absolute atomic E-state index is 11.8. The van der Waals surface area contributed by atoms with Gasteiger partial charge in [-0.05, 0) is 26.7 Å². The molecule has 0 atom stereocenters. The van der Waals surface area contributed by atoms with E-state index in [-0.39, 0.29) is 11.8 Å². The average molecular weight is 329 g/mol. The molecule has 3 heterocycles. The van der Waals surface area contributed by atoms with Crippen molar-refractivity contribution in [2.45, 2.75) is 52.9 Å². The lowest BCUT2D eigenvalue weighted by molar-refractivity contribution is -0.122. The minimum Gasteiger partial charge on any atom is -0.361 e. The second-order valence-corrected chi connectivity index (χ2v) is 6.82. The second-order valence-electron chi connectivity index (χ2n) is 6.82. The Hall–Kier alpha value is -2.15. The van der Waals surface area contributed by atoms with Crippen LogP contribution in [0.3, 0.4) is 0 Å². The number of imidazole rings is 1. The van der Waals surface area contributed by atoms with Crippen molar-refractivity contribution in [2.75, 3.05) is 6.54 Å². The van der Waals surface area contributed by atoms with Crippen LogP contribution in [0.15, 0.2) is 10.7 Å². The molecule has 1 aliphatic carbocycles. The number of fused-ring (bicyclic) bond motifs is 1. The van der Waals surface area contributed by atoms with Crippen molar-refractivity contribution in [3.8, 4) is 0 Å². The van der Waals surface area contributed by atoms with Crippen molar-refractivity contribution < 1.29 is 9.32 Å². The predicted octanol–water partition coefficient (Wildman–Crippen LogP) is 1.53. The molecule has 0 spiro atoms. The number of aryl methyl sites for hydroxylation is 2. The Morgan fingerprint density at radius 3 is 2.92 bits per heavy atom. The fourth-order valence-corrected chi connectivity index (χ4v) is 3.27. The predicted molar refractivity (Wildman–Crippen MR) is 86.9 cm³/mol. The highest BCUT2D eigenvalue weighted by Gasteiger charge is 2.29. The fraction of sp³-hybridized carbons (Fsp3) is 0.588. The standard InChI is InChI=1S/C17H23N5O2/c1-11-15(12(2)24-20-11)9-21-5-6-22-14(7-18-16(22)10-21)8-19-17(23)13-3-4-13/h7,13H,3-6,8-10H2,1-2H3,(H,19,23). The summed E-state index contributed by atoms with van der Waals surface area (Å²) in [6.45, 7) is 8.01. The molecule has 0 bridgehead atoms. The molecule has 1 N–H and O–H groups in total. The Bertz CT molecular complexity index is 740. The molecule has 0 unspecified atom stereocenters. The van der Waals surface area contributed by atoms with Crippen molar-refractivity contribution in [1.82, 2.24) is 24.9 Å². The van der Waals surface area contributed by atoms with E-state index in [1.165, 1.54) is 5.56 Å². The lowest BCUT2D eigenvalue weighted by atomic mass is 10.2. The van der Waals surface area contributed by atoms with Crippen LogP contribution in [-0.2, 0) is 31.0 Å². The highest BCUT2D eigenvalue weighted by molar-refractivity contribution is 5.80. The van der Waals surface area contributed by atoms with E-state index in [1.54, 1.807) is 0 Å². The van der Waals surface area contributed by atoms with Crippen molar-refractivity contribution in [1.29, 1.82) is 0 Å². The van der Waals surface area contributed by atoms with Gasteiger partial charge in [0.25, 0.3) is 0 Å². The lowest BCUT2D eigenvalue weighted by Crippen LogP contribution is -2.35. The van der Waals surface area contributed by atoms with Crippen LogP contribution in [0.25, 0.3) is 0 Å². The number of aromatic nitrogens is 3. The van der Waals surface area contributed by atoms with Gasteiger partial charge >= 0.3 is 0 Å². The van der Waals surface area contributed by atoms with Gasteiger partial charge in [-0.3, -0.25) is 9.69 Å². The summed E-state index contributed by atoms with van der Waals surface area (Å²) in [5, 5.41) is 7.05. The molecule has 0 radical (unpaired) electrons. The molecule has 1 fully saturated rings. The zero-order valence-electron chi connectivity index (χ0n) is 14.2. The smallest absolute Gasteiger partial charge is 0.223 e. The normalized spacial score (nSPS) is 17.8. The van der Waals surface area contributed by atoms with Gasteiger partial charge in [0.1, 0.15) is 11.6 Å². The third-order valence-electron chi connectivity index (χ3n) is 4.98. The molecule has 0 aromatic carbocycles. The minimum atomic E-state index is 0.182. The number of amides is 1. The largest absolute Gasteiger partial charge is 0.361 e. The van der Waals surface area contributed by atoms with E-state index in [2.05, 4.69) is 24.9 Å². The highest BCUT2D eigenvalue weighted by Crippen LogP contribution is 2.29. The number of hydrogen-bond acceptors (Lipinski definition) is 5. The molecule has 24 heavy (non-hydrogen) atoms. The first-order valence-corrected chi connectivity index (χ1v) is 8.57. The van der Waals surface area contributed by atoms with Crippen LogP contribution in [0.1, 0.15) is 41.4 Å². The van der Waals surface area contributed by atoms with Crippen molar-refractivity contribution in [3.05, 3.63) is 34.7 Å². The van der Waals surface area contributed by atoms with Crippen molar-refractivity contribution in [2.24, 2.45) is 5.92 Å². The van der Waals surface area contributed by atoms with Gasteiger partial charge in [-0.2, -0.15) is 0 Å². The summed E-state index contributed by atoms with van der Waals surface area (Å²) in [6, 6.07) is 0. The number of carbonyl (C=O) groups excluding carboxylic acids is 1. The van der Waals surface area contributed by atoms with Gasteiger partial charge in [0.15, 0.2) is 0 Å². The monoisotopic (exact) mass is 329 g/mol. The lowest BCUT2D eigenvalue weighted by Gasteiger charge is -2.28. The van der Waals surface area contributed by atoms with Crippen LogP contribution in [0.2, 0.25) is 0 Å². The van der Waals surface area contributed by atoms with Gasteiger partial charge in [0.2, 0.25) is 5.91 Å². The Morgan fingerprint density at radius 1 is 1.38 bits per heavy atom. The Morgan fingerprint density at radius 2 is 2.21 bits per heavy atom. The van der Waals surface area contributed by atoms with Crippen LogP contribution >= 0.6 is 0 Å². The molecular weight excluding hydrogens is 306 g/mol. The maximum Gasteiger partial charge on any atom is 0.223 e. The fourth-order valence-electron chi connectivity index (χ4n) is 3.27. The quantitative estimate of drug-likeness (QED) is 0.900. The van der Waals surface area contributed by atoms with E-state index in [1.807, 2.05) is 20.0 Å². The zero-order chi connectivity index (χ0) is 16.7. The number of hydrogen-bond donors (Lipinski definition) is 1. The van der Waals surface area contributed by atoms with Gasteiger partial charge in [-0.25, -0.2) is 4.98 Å². The van der Waals surface area contributed by atoms with Crippen LogP contribution in [0, 0.1) is 19.8 Å². The van der Waals surface area contributed by atoms with Crippen LogP contribution in [0.4, 0.5) is 0 Å². The SMILES string of the molecule is Cc1noc(C)c1CN1CCn2c(CNC(=O)C3CC3)cnc2C1. The van der Waals surface area contributed by atoms with Gasteiger partial charge < -0.3 is 14.4 Å². The zero-order valence-corrected chi connectivity index (χ0v) is 14.2. The summed E-state index contributed by atoms with van der Waals surface area (Å²) in [6.07, 6.45) is 3.96. The van der Waals surface area contributed by atoms with Gasteiger partial charge in [0.05, 0.1) is 30.7 Å². The summed E-state index contributed by atoms with van der Waals surface area (Å²) >= 11 is 0. The first-order valence-electron chi connectivity index (χ1n) is 8.57. The van der Waals surface area contributed by atoms with Gasteiger partial charge in [-0.15, -0.1) is 0 Å². The topological polar surface area (TPSA) is 76.2 Å². The molecule has 7 heteroatoms. The molecule has 7 nitrogen and oxygen atoms in total. The number of rotatable bonds is 5. The Balaban J connectivity index is 1.40. The molecule has 1 saturated carbocycles. The first-order chi connectivity index (χ1) is 11.6. The summed E-state index contributed by atoms with van der Waals surface area (Å²) in [5.74, 6) is 2.38. The molecule has 128 valence electrons. The first kappa shape index (κ1) is 15.4. The summed E-state index contributed by atoms with van der Waals surface area (Å²) in [4.78, 5) is 18.7. The third-order valence-corrected chi connectivity index (χ3v) is 4.98. The molecule has 1 aliphatic heterocycles. The Labute approximate surface area is 141 Å². The molecular formula is C17H23N5O2. The van der Waals surface area contributed by atoms with Crippen LogP contribution in [-0.4, -0.2) is 32.1 Å². The maximum atomic E-state index is 11.8. The molecule has 2 aromatic heterocycles. The molecule has 0 saturated heterocycles. The van der Waals surface area contributed by atoms with Gasteiger partial charge in [0, 0.05) is 31.1 Å². The number of carbonyl (C=O) groups is 1. The van der Waals surface area contributed by atoms with E-state index in [9.17, 15) is 4.79 Å². The molecule has 4 rings (SSSR count). The summed E-state index contributed by atoms with van der Waals surface area (Å²) in [5.41, 5.74) is 3.23. The van der Waals surface area contributed by atoms with E-state index in [0.29, 0.717) is 6.54 Å². The average Bonchev–Trinajstić information content (AvgIpc) is 3.29. The molecule has 1 amide bonds. The number of nitrogens with one attached hydrogen (secondary N) is 1.